The Morgan fingerprint density at radius 2 is 1.91 bits per heavy atom. The highest BCUT2D eigenvalue weighted by Gasteiger charge is 2.51. The topological polar surface area (TPSA) is 111 Å². The minimum Gasteiger partial charge on any atom is -0.504 e. The zero-order valence-electron chi connectivity index (χ0n) is 28.1. The van der Waals surface area contributed by atoms with E-state index in [4.69, 9.17) is 9.15 Å². The first-order valence-electron chi connectivity index (χ1n) is 18.1. The number of H-pyrrole nitrogens is 1. The lowest BCUT2D eigenvalue weighted by atomic mass is 9.66. The highest BCUT2D eigenvalue weighted by atomic mass is 16.5. The van der Waals surface area contributed by atoms with Crippen LogP contribution in [0, 0.1) is 17.3 Å². The van der Waals surface area contributed by atoms with Crippen LogP contribution >= 0.6 is 0 Å². The van der Waals surface area contributed by atoms with Gasteiger partial charge in [0.15, 0.2) is 11.5 Å². The molecule has 0 saturated heterocycles. The summed E-state index contributed by atoms with van der Waals surface area (Å²) in [6.45, 7) is 6.06. The first-order chi connectivity index (χ1) is 22.4. The molecular weight excluding hydrogens is 576 g/mol. The highest BCUT2D eigenvalue weighted by Crippen LogP contribution is 2.59. The fourth-order valence-electron chi connectivity index (χ4n) is 9.17. The number of aliphatic hydroxyl groups excluding tert-OH is 2. The Morgan fingerprint density at radius 3 is 2.70 bits per heavy atom. The maximum Gasteiger partial charge on any atom is 0.161 e. The van der Waals surface area contributed by atoms with Gasteiger partial charge in [0.2, 0.25) is 0 Å². The summed E-state index contributed by atoms with van der Waals surface area (Å²) in [4.78, 5) is 3.87. The maximum absolute atomic E-state index is 10.6. The van der Waals surface area contributed by atoms with E-state index in [2.05, 4.69) is 23.3 Å². The van der Waals surface area contributed by atoms with Crippen LogP contribution in [0.15, 0.2) is 34.7 Å². The van der Waals surface area contributed by atoms with Gasteiger partial charge in [0, 0.05) is 55.2 Å². The Hall–Kier alpha value is -2.74. The maximum atomic E-state index is 10.6. The number of aliphatic hydroxyl groups is 2. The molecule has 0 bridgehead atoms. The molecule has 1 spiro atoms. The average molecular weight is 633 g/mol. The van der Waals surface area contributed by atoms with Gasteiger partial charge in [-0.25, -0.2) is 0 Å². The predicted octanol–water partition coefficient (Wildman–Crippen LogP) is 7.14. The third-order valence-corrected chi connectivity index (χ3v) is 11.4. The van der Waals surface area contributed by atoms with Crippen molar-refractivity contribution < 1.29 is 24.5 Å². The van der Waals surface area contributed by atoms with Gasteiger partial charge in [-0.3, -0.25) is 0 Å². The summed E-state index contributed by atoms with van der Waals surface area (Å²) in [5.74, 6) is 4.46. The number of hydrogen-bond donors (Lipinski definition) is 5. The van der Waals surface area contributed by atoms with Crippen molar-refractivity contribution in [1.29, 1.82) is 0 Å². The van der Waals surface area contributed by atoms with E-state index < -0.39 is 0 Å². The lowest BCUT2D eigenvalue weighted by Gasteiger charge is -2.39. The Balaban J connectivity index is 1.11. The van der Waals surface area contributed by atoms with Crippen molar-refractivity contribution in [3.63, 3.8) is 0 Å². The molecule has 2 saturated carbocycles. The number of phenols is 1. The van der Waals surface area contributed by atoms with E-state index in [1.165, 1.54) is 61.9 Å². The monoisotopic (exact) mass is 632 g/mol. The molecule has 6 rings (SSSR count). The number of ether oxygens (including phenoxy) is 1. The molecule has 2 heterocycles. The minimum atomic E-state index is -0.340. The number of unbranched alkanes of at least 4 members (excludes halogenated alkanes) is 1. The second-order valence-corrected chi connectivity index (χ2v) is 14.6. The van der Waals surface area contributed by atoms with Crippen LogP contribution in [0.3, 0.4) is 0 Å². The van der Waals surface area contributed by atoms with Crippen LogP contribution in [0.2, 0.25) is 0 Å². The van der Waals surface area contributed by atoms with Crippen LogP contribution < -0.4 is 10.1 Å². The second-order valence-electron chi connectivity index (χ2n) is 14.6. The van der Waals surface area contributed by atoms with Crippen molar-refractivity contribution in [1.82, 2.24) is 10.3 Å². The van der Waals surface area contributed by atoms with Crippen molar-refractivity contribution in [3.05, 3.63) is 69.9 Å². The molecule has 252 valence electrons. The van der Waals surface area contributed by atoms with Gasteiger partial charge in [-0.1, -0.05) is 38.7 Å². The van der Waals surface area contributed by atoms with E-state index in [0.717, 1.165) is 80.1 Å². The molecule has 3 aliphatic carbocycles. The van der Waals surface area contributed by atoms with Crippen molar-refractivity contribution in [2.45, 2.75) is 122 Å². The fraction of sp³-hybridized carbons (Fsp3) is 0.641. The number of aryl methyl sites for hydroxylation is 3. The molecule has 2 aromatic heterocycles. The van der Waals surface area contributed by atoms with Gasteiger partial charge in [0.05, 0.1) is 19.3 Å². The van der Waals surface area contributed by atoms with Crippen molar-refractivity contribution in [3.8, 4) is 11.5 Å². The predicted molar refractivity (Wildman–Crippen MR) is 181 cm³/mol. The van der Waals surface area contributed by atoms with E-state index in [9.17, 15) is 15.3 Å². The molecule has 46 heavy (non-hydrogen) atoms. The molecule has 7 heteroatoms. The summed E-state index contributed by atoms with van der Waals surface area (Å²) < 4.78 is 12.3. The smallest absolute Gasteiger partial charge is 0.161 e. The third-order valence-electron chi connectivity index (χ3n) is 11.4. The van der Waals surface area contributed by atoms with Crippen LogP contribution in [-0.4, -0.2) is 46.1 Å². The zero-order valence-corrected chi connectivity index (χ0v) is 28.1. The number of fused-ring (bicyclic) bond motifs is 3. The number of nitrogens with one attached hydrogen (secondary N) is 2. The van der Waals surface area contributed by atoms with E-state index in [1.807, 2.05) is 25.1 Å². The molecule has 1 aromatic carbocycles. The van der Waals surface area contributed by atoms with E-state index >= 15 is 0 Å². The Morgan fingerprint density at radius 1 is 1.07 bits per heavy atom. The van der Waals surface area contributed by atoms with Crippen LogP contribution in [0.1, 0.15) is 117 Å². The first-order valence-corrected chi connectivity index (χ1v) is 18.1. The number of aromatic nitrogens is 1. The summed E-state index contributed by atoms with van der Waals surface area (Å²) in [5, 5.41) is 33.9. The third kappa shape index (κ3) is 7.37. The zero-order chi connectivity index (χ0) is 32.1. The fourth-order valence-corrected chi connectivity index (χ4v) is 9.17. The number of aromatic hydroxyl groups is 1. The standard InChI is InChI=1S/C39H56N2O5/c1-3-4-10-37-28(25-42)20-30(46-37)13-11-27-12-14-36(44)38(19-27)45-18-15-29-21-32-33(24-40-23-26(2)43)31-8-7-9-34(31)39(16-5-6-17-39)22-35(32)41-29/h12,14,19-21,26,31,33-34,40-44H,3-11,13,15-18,22-25H2,1-2H3. The van der Waals surface area contributed by atoms with E-state index in [1.54, 1.807) is 6.07 Å². The van der Waals surface area contributed by atoms with Gasteiger partial charge in [0.1, 0.15) is 11.5 Å². The lowest BCUT2D eigenvalue weighted by molar-refractivity contribution is 0.116. The Bertz CT molecular complexity index is 1420. The molecule has 2 fully saturated rings. The summed E-state index contributed by atoms with van der Waals surface area (Å²) in [5.41, 5.74) is 6.54. The number of phenolic OH excluding ortho intramolecular Hbond substituents is 1. The summed E-state index contributed by atoms with van der Waals surface area (Å²) in [6.07, 6.45) is 15.5. The van der Waals surface area contributed by atoms with Crippen LogP contribution in [0.5, 0.6) is 11.5 Å². The van der Waals surface area contributed by atoms with Gasteiger partial charge in [-0.2, -0.15) is 0 Å². The van der Waals surface area contributed by atoms with Crippen LogP contribution in [-0.2, 0) is 38.7 Å². The number of furan rings is 1. The number of hydrogen-bond acceptors (Lipinski definition) is 6. The molecule has 7 nitrogen and oxygen atoms in total. The molecule has 0 radical (unpaired) electrons. The van der Waals surface area contributed by atoms with Crippen molar-refractivity contribution >= 4 is 0 Å². The SMILES string of the molecule is CCCCc1oc(CCc2ccc(O)c(OCCc3cc4c([nH]3)CC3(CCCC3)C3CCCC3C4CNCC(C)O)c2)cc1CO. The molecular formula is C39H56N2O5. The second kappa shape index (κ2) is 15.0. The Labute approximate surface area is 275 Å². The van der Waals surface area contributed by atoms with E-state index in [0.29, 0.717) is 36.2 Å². The molecule has 0 amide bonds. The molecule has 3 aromatic rings. The van der Waals surface area contributed by atoms with Gasteiger partial charge in [-0.05, 0) is 105 Å². The lowest BCUT2D eigenvalue weighted by Crippen LogP contribution is -2.36. The van der Waals surface area contributed by atoms with Crippen molar-refractivity contribution in [2.75, 3.05) is 19.7 Å². The summed E-state index contributed by atoms with van der Waals surface area (Å²) in [7, 11) is 0. The molecule has 5 N–H and O–H groups in total. The molecule has 4 atom stereocenters. The highest BCUT2D eigenvalue weighted by molar-refractivity contribution is 5.42. The number of aromatic amines is 1. The summed E-state index contributed by atoms with van der Waals surface area (Å²) >= 11 is 0. The van der Waals surface area contributed by atoms with Gasteiger partial charge in [-0.15, -0.1) is 0 Å². The van der Waals surface area contributed by atoms with Crippen LogP contribution in [0.25, 0.3) is 0 Å². The number of benzene rings is 1. The molecule has 4 unspecified atom stereocenters. The van der Waals surface area contributed by atoms with E-state index in [-0.39, 0.29) is 18.5 Å². The summed E-state index contributed by atoms with van der Waals surface area (Å²) in [6, 6.07) is 10.0. The Kier molecular flexibility index (Phi) is 10.8. The largest absolute Gasteiger partial charge is 0.504 e. The minimum absolute atomic E-state index is 0.00600. The normalized spacial score (nSPS) is 22.6. The number of rotatable bonds is 15. The average Bonchev–Trinajstić information content (AvgIpc) is 3.85. The first kappa shape index (κ1) is 33.2. The van der Waals surface area contributed by atoms with Crippen LogP contribution in [0.4, 0.5) is 0 Å². The van der Waals surface area contributed by atoms with Gasteiger partial charge >= 0.3 is 0 Å². The van der Waals surface area contributed by atoms with Crippen molar-refractivity contribution in [2.24, 2.45) is 17.3 Å². The quantitative estimate of drug-likeness (QED) is 0.122. The van der Waals surface area contributed by atoms with Gasteiger partial charge in [0.25, 0.3) is 0 Å². The molecule has 0 aliphatic heterocycles. The molecule has 3 aliphatic rings. The van der Waals surface area contributed by atoms with Gasteiger partial charge < -0.3 is 34.8 Å².